The highest BCUT2D eigenvalue weighted by atomic mass is 19.1. The molecule has 2 amide bonds. The summed E-state index contributed by atoms with van der Waals surface area (Å²) in [6, 6.07) is 9.83. The lowest BCUT2D eigenvalue weighted by Crippen LogP contribution is -2.52. The van der Waals surface area contributed by atoms with Crippen LogP contribution in [0.5, 0.6) is 0 Å². The Kier molecular flexibility index (Phi) is 9.70. The van der Waals surface area contributed by atoms with Crippen molar-refractivity contribution in [3.63, 3.8) is 0 Å². The Morgan fingerprint density at radius 1 is 1.11 bits per heavy atom. The molecule has 8 nitrogen and oxygen atoms in total. The Balaban J connectivity index is 1.67. The first-order valence-corrected chi connectivity index (χ1v) is 11.7. The highest BCUT2D eigenvalue weighted by Crippen LogP contribution is 2.15. The summed E-state index contributed by atoms with van der Waals surface area (Å²) in [5, 5.41) is 11.5. The van der Waals surface area contributed by atoms with Crippen molar-refractivity contribution in [1.29, 1.82) is 0 Å². The van der Waals surface area contributed by atoms with Crippen LogP contribution in [0.25, 0.3) is 0 Å². The van der Waals surface area contributed by atoms with Gasteiger partial charge in [-0.3, -0.25) is 19.3 Å². The Bertz CT molecular complexity index is 1130. The maximum absolute atomic E-state index is 14.6. The van der Waals surface area contributed by atoms with Crippen LogP contribution in [0.15, 0.2) is 42.5 Å². The number of benzene rings is 2. The van der Waals surface area contributed by atoms with Crippen LogP contribution in [0.1, 0.15) is 33.5 Å². The number of hydrogen-bond acceptors (Lipinski definition) is 6. The van der Waals surface area contributed by atoms with Crippen LogP contribution in [0, 0.1) is 17.7 Å². The van der Waals surface area contributed by atoms with Gasteiger partial charge in [-0.25, -0.2) is 4.39 Å². The third-order valence-corrected chi connectivity index (χ3v) is 5.91. The molecule has 1 heterocycles. The Morgan fingerprint density at radius 2 is 1.81 bits per heavy atom. The zero-order chi connectivity index (χ0) is 26.1. The molecular formula is C27H30FN3O5. The molecule has 1 atom stereocenters. The molecule has 2 aromatic rings. The third-order valence-electron chi connectivity index (χ3n) is 5.91. The Labute approximate surface area is 210 Å². The third kappa shape index (κ3) is 6.98. The number of ketones is 1. The van der Waals surface area contributed by atoms with Crippen molar-refractivity contribution in [2.45, 2.75) is 19.0 Å². The van der Waals surface area contributed by atoms with E-state index in [1.54, 1.807) is 24.3 Å². The molecule has 0 spiro atoms. The summed E-state index contributed by atoms with van der Waals surface area (Å²) < 4.78 is 20.1. The number of Topliss-reactive ketones (excluding diaryl/α,β-unsaturated/α-hetero) is 1. The van der Waals surface area contributed by atoms with Gasteiger partial charge in [-0.1, -0.05) is 17.9 Å². The molecule has 0 saturated carbocycles. The average molecular weight is 496 g/mol. The zero-order valence-electron chi connectivity index (χ0n) is 20.4. The van der Waals surface area contributed by atoms with Gasteiger partial charge in [0.1, 0.15) is 12.4 Å². The number of halogens is 1. The van der Waals surface area contributed by atoms with E-state index in [1.807, 2.05) is 0 Å². The lowest BCUT2D eigenvalue weighted by Gasteiger charge is -2.25. The molecule has 9 heteroatoms. The van der Waals surface area contributed by atoms with Gasteiger partial charge in [0.05, 0.1) is 6.61 Å². The summed E-state index contributed by atoms with van der Waals surface area (Å²) in [6.07, 6.45) is 0.932. The van der Waals surface area contributed by atoms with Crippen LogP contribution in [-0.4, -0.2) is 85.6 Å². The molecule has 190 valence electrons. The van der Waals surface area contributed by atoms with Crippen molar-refractivity contribution in [2.24, 2.45) is 0 Å². The van der Waals surface area contributed by atoms with Gasteiger partial charge in [-0.05, 0) is 42.8 Å². The van der Waals surface area contributed by atoms with E-state index in [0.717, 1.165) is 31.0 Å². The number of carbonyl (C=O) groups is 3. The minimum Gasteiger partial charge on any atom is -0.388 e. The number of aliphatic hydroxyl groups excluding tert-OH is 1. The van der Waals surface area contributed by atoms with E-state index in [9.17, 15) is 18.8 Å². The normalized spacial score (nSPS) is 14.7. The molecule has 0 bridgehead atoms. The van der Waals surface area contributed by atoms with Crippen LogP contribution < -0.4 is 5.32 Å². The molecule has 1 saturated heterocycles. The Morgan fingerprint density at radius 3 is 2.47 bits per heavy atom. The van der Waals surface area contributed by atoms with Crippen LogP contribution in [0.3, 0.4) is 0 Å². The predicted molar refractivity (Wildman–Crippen MR) is 132 cm³/mol. The fourth-order valence-corrected chi connectivity index (χ4v) is 3.87. The smallest absolute Gasteiger partial charge is 0.254 e. The van der Waals surface area contributed by atoms with Crippen LogP contribution in [-0.2, 0) is 20.9 Å². The lowest BCUT2D eigenvalue weighted by atomic mass is 10.1. The fraction of sp³-hybridized carbons (Fsp3) is 0.370. The van der Waals surface area contributed by atoms with Gasteiger partial charge in [0, 0.05) is 62.6 Å². The monoisotopic (exact) mass is 495 g/mol. The zero-order valence-corrected chi connectivity index (χ0v) is 20.4. The SMILES string of the molecule is CNC(=O)C(C(=O)CO)N(C)C(=O)c1ccc(C#Cc2ccc(CN3CCCOCC3)c(F)c2)cc1. The summed E-state index contributed by atoms with van der Waals surface area (Å²) >= 11 is 0. The minimum atomic E-state index is -1.43. The molecular weight excluding hydrogens is 465 g/mol. The van der Waals surface area contributed by atoms with E-state index < -0.39 is 30.2 Å². The number of rotatable bonds is 7. The standard InChI is InChI=1S/C27H30FN3O5/c1-29-26(34)25(24(33)18-32)30(2)27(35)21-9-6-19(7-10-21)4-5-20-8-11-22(23(28)16-20)17-31-12-3-14-36-15-13-31/h6-11,16,25,32H,3,12-15,17-18H2,1-2H3,(H,29,34). The van der Waals surface area contributed by atoms with E-state index in [4.69, 9.17) is 9.84 Å². The second-order valence-electron chi connectivity index (χ2n) is 8.43. The van der Waals surface area contributed by atoms with Gasteiger partial charge in [0.25, 0.3) is 5.91 Å². The van der Waals surface area contributed by atoms with E-state index in [1.165, 1.54) is 32.3 Å². The van der Waals surface area contributed by atoms with Gasteiger partial charge in [0.2, 0.25) is 5.91 Å². The molecule has 3 rings (SSSR count). The van der Waals surface area contributed by atoms with Gasteiger partial charge in [-0.15, -0.1) is 0 Å². The number of nitrogens with one attached hydrogen (secondary N) is 1. The molecule has 36 heavy (non-hydrogen) atoms. The Hall–Kier alpha value is -3.58. The molecule has 1 aliphatic heterocycles. The van der Waals surface area contributed by atoms with E-state index >= 15 is 0 Å². The van der Waals surface area contributed by atoms with E-state index in [-0.39, 0.29) is 11.4 Å². The average Bonchev–Trinajstić information content (AvgIpc) is 3.17. The molecule has 2 N–H and O–H groups in total. The quantitative estimate of drug-likeness (QED) is 0.443. The summed E-state index contributed by atoms with van der Waals surface area (Å²) in [5.74, 6) is 3.55. The number of ether oxygens (including phenoxy) is 1. The number of hydrogen-bond donors (Lipinski definition) is 2. The van der Waals surface area contributed by atoms with Gasteiger partial charge >= 0.3 is 0 Å². The predicted octanol–water partition coefficient (Wildman–Crippen LogP) is 1.20. The molecule has 0 radical (unpaired) electrons. The topological polar surface area (TPSA) is 99.2 Å². The number of carbonyl (C=O) groups excluding carboxylic acids is 3. The van der Waals surface area contributed by atoms with Crippen molar-refractivity contribution in [2.75, 3.05) is 47.0 Å². The highest BCUT2D eigenvalue weighted by Gasteiger charge is 2.32. The molecule has 1 aliphatic rings. The summed E-state index contributed by atoms with van der Waals surface area (Å²) in [5.41, 5.74) is 2.00. The maximum Gasteiger partial charge on any atom is 0.254 e. The van der Waals surface area contributed by atoms with Crippen molar-refractivity contribution < 1.29 is 28.6 Å². The first-order valence-electron chi connectivity index (χ1n) is 11.7. The number of nitrogens with zero attached hydrogens (tertiary/aromatic N) is 2. The molecule has 0 aliphatic carbocycles. The van der Waals surface area contributed by atoms with E-state index in [2.05, 4.69) is 22.1 Å². The van der Waals surface area contributed by atoms with Crippen LogP contribution >= 0.6 is 0 Å². The van der Waals surface area contributed by atoms with Crippen molar-refractivity contribution in [3.05, 3.63) is 70.5 Å². The summed E-state index contributed by atoms with van der Waals surface area (Å²) in [4.78, 5) is 39.9. The second kappa shape index (κ2) is 12.9. The summed E-state index contributed by atoms with van der Waals surface area (Å²) in [7, 11) is 2.67. The largest absolute Gasteiger partial charge is 0.388 e. The number of aliphatic hydroxyl groups is 1. The molecule has 2 aromatic carbocycles. The van der Waals surface area contributed by atoms with Crippen LogP contribution in [0.4, 0.5) is 4.39 Å². The van der Waals surface area contributed by atoms with Gasteiger partial charge in [-0.2, -0.15) is 0 Å². The van der Waals surface area contributed by atoms with Gasteiger partial charge in [0.15, 0.2) is 11.8 Å². The maximum atomic E-state index is 14.6. The number of amides is 2. The highest BCUT2D eigenvalue weighted by molar-refractivity contribution is 6.10. The first-order chi connectivity index (χ1) is 17.3. The first kappa shape index (κ1) is 27.0. The summed E-state index contributed by atoms with van der Waals surface area (Å²) in [6.45, 7) is 2.70. The van der Waals surface area contributed by atoms with Crippen molar-refractivity contribution in [1.82, 2.24) is 15.1 Å². The molecule has 1 fully saturated rings. The van der Waals surface area contributed by atoms with Crippen molar-refractivity contribution >= 4 is 17.6 Å². The van der Waals surface area contributed by atoms with Gasteiger partial charge < -0.3 is 20.1 Å². The van der Waals surface area contributed by atoms with E-state index in [0.29, 0.717) is 29.8 Å². The molecule has 1 unspecified atom stereocenters. The minimum absolute atomic E-state index is 0.247. The molecule has 0 aromatic heterocycles. The van der Waals surface area contributed by atoms with Crippen molar-refractivity contribution in [3.8, 4) is 11.8 Å². The number of likely N-dealkylation sites (N-methyl/N-ethyl adjacent to an activating group) is 2. The second-order valence-corrected chi connectivity index (χ2v) is 8.43. The fourth-order valence-electron chi connectivity index (χ4n) is 3.87. The lowest BCUT2D eigenvalue weighted by molar-refractivity contribution is -0.135. The van der Waals surface area contributed by atoms with Crippen LogP contribution in [0.2, 0.25) is 0 Å².